The second-order valence-electron chi connectivity index (χ2n) is 3.94. The van der Waals surface area contributed by atoms with Gasteiger partial charge in [-0.05, 0) is 6.07 Å². The summed E-state index contributed by atoms with van der Waals surface area (Å²) in [5.74, 6) is 0.709. The summed E-state index contributed by atoms with van der Waals surface area (Å²) < 4.78 is 0. The standard InChI is InChI=1S/C12H12N4O/c17-12-14-5-6-16(12)11-8-13-7-9-3-1-2-4-10(9)15-11/h1-4,7H,5-6,8H2,(H,14,17). The minimum absolute atomic E-state index is 0.0849. The number of nitrogens with zero attached hydrogens (tertiary/aromatic N) is 3. The highest BCUT2D eigenvalue weighted by molar-refractivity contribution is 6.03. The monoisotopic (exact) mass is 228 g/mol. The molecule has 0 spiro atoms. The summed E-state index contributed by atoms with van der Waals surface area (Å²) in [7, 11) is 0. The maximum Gasteiger partial charge on any atom is 0.322 e. The first kappa shape index (κ1) is 10.0. The van der Waals surface area contributed by atoms with Gasteiger partial charge in [0.1, 0.15) is 5.84 Å². The second-order valence-corrected chi connectivity index (χ2v) is 3.94. The Balaban J connectivity index is 2.00. The molecule has 86 valence electrons. The number of hydrogen-bond donors (Lipinski definition) is 1. The molecule has 5 heteroatoms. The summed E-state index contributed by atoms with van der Waals surface area (Å²) in [5.41, 5.74) is 1.85. The third kappa shape index (κ3) is 1.80. The van der Waals surface area contributed by atoms with E-state index in [0.29, 0.717) is 25.5 Å². The Hall–Kier alpha value is -2.17. The largest absolute Gasteiger partial charge is 0.336 e. The zero-order valence-electron chi connectivity index (χ0n) is 9.26. The van der Waals surface area contributed by atoms with E-state index >= 15 is 0 Å². The lowest BCUT2D eigenvalue weighted by molar-refractivity contribution is 0.234. The number of carbonyl (C=O) groups is 1. The molecule has 2 aliphatic heterocycles. The first-order valence-corrected chi connectivity index (χ1v) is 5.56. The lowest BCUT2D eigenvalue weighted by atomic mass is 10.2. The van der Waals surface area contributed by atoms with Gasteiger partial charge in [0.15, 0.2) is 0 Å². The summed E-state index contributed by atoms with van der Waals surface area (Å²) in [6, 6.07) is 7.70. The van der Waals surface area contributed by atoms with Crippen LogP contribution in [0.5, 0.6) is 0 Å². The van der Waals surface area contributed by atoms with Crippen molar-refractivity contribution in [2.24, 2.45) is 9.98 Å². The van der Waals surface area contributed by atoms with Crippen molar-refractivity contribution in [3.05, 3.63) is 29.8 Å². The van der Waals surface area contributed by atoms with Gasteiger partial charge < -0.3 is 5.32 Å². The molecule has 0 aromatic heterocycles. The van der Waals surface area contributed by atoms with Crippen molar-refractivity contribution in [2.75, 3.05) is 19.6 Å². The Morgan fingerprint density at radius 2 is 2.18 bits per heavy atom. The lowest BCUT2D eigenvalue weighted by Gasteiger charge is -2.14. The van der Waals surface area contributed by atoms with Crippen molar-refractivity contribution < 1.29 is 4.79 Å². The summed E-state index contributed by atoms with van der Waals surface area (Å²) in [5, 5.41) is 2.77. The van der Waals surface area contributed by atoms with Gasteiger partial charge >= 0.3 is 6.03 Å². The summed E-state index contributed by atoms with van der Waals surface area (Å²) in [4.78, 5) is 22.1. The number of nitrogens with one attached hydrogen (secondary N) is 1. The van der Waals surface area contributed by atoms with Gasteiger partial charge in [0, 0.05) is 24.9 Å². The Bertz CT molecular complexity index is 521. The second kappa shape index (κ2) is 4.01. The molecule has 0 bridgehead atoms. The molecule has 2 amide bonds. The summed E-state index contributed by atoms with van der Waals surface area (Å²) in [6.45, 7) is 1.78. The number of fused-ring (bicyclic) bond motifs is 1. The number of hydrogen-bond acceptors (Lipinski definition) is 3. The van der Waals surface area contributed by atoms with E-state index < -0.39 is 0 Å². The average Bonchev–Trinajstić information content (AvgIpc) is 2.65. The molecule has 1 N–H and O–H groups in total. The summed E-state index contributed by atoms with van der Waals surface area (Å²) in [6.07, 6.45) is 1.81. The highest BCUT2D eigenvalue weighted by Crippen LogP contribution is 2.20. The van der Waals surface area contributed by atoms with Crippen LogP contribution in [0.3, 0.4) is 0 Å². The number of rotatable bonds is 0. The molecule has 0 unspecified atom stereocenters. The van der Waals surface area contributed by atoms with E-state index in [9.17, 15) is 4.79 Å². The van der Waals surface area contributed by atoms with Crippen molar-refractivity contribution in [2.45, 2.75) is 0 Å². The molecule has 17 heavy (non-hydrogen) atoms. The number of aliphatic imine (C=N–C) groups is 2. The fraction of sp³-hybridized carbons (Fsp3) is 0.250. The van der Waals surface area contributed by atoms with Gasteiger partial charge in [-0.1, -0.05) is 18.2 Å². The van der Waals surface area contributed by atoms with Crippen LogP contribution in [-0.4, -0.2) is 42.6 Å². The van der Waals surface area contributed by atoms with Crippen molar-refractivity contribution >= 4 is 23.8 Å². The molecule has 0 atom stereocenters. The van der Waals surface area contributed by atoms with Gasteiger partial charge in [0.25, 0.3) is 0 Å². The van der Waals surface area contributed by atoms with Crippen LogP contribution in [-0.2, 0) is 0 Å². The average molecular weight is 228 g/mol. The van der Waals surface area contributed by atoms with Crippen LogP contribution in [0.4, 0.5) is 10.5 Å². The zero-order chi connectivity index (χ0) is 11.7. The van der Waals surface area contributed by atoms with Gasteiger partial charge in [0.2, 0.25) is 0 Å². The van der Waals surface area contributed by atoms with Crippen LogP contribution in [0.2, 0.25) is 0 Å². The molecular formula is C12H12N4O. The fourth-order valence-corrected chi connectivity index (χ4v) is 1.96. The van der Waals surface area contributed by atoms with E-state index in [1.165, 1.54) is 0 Å². The van der Waals surface area contributed by atoms with Crippen LogP contribution in [0.1, 0.15) is 5.56 Å². The number of urea groups is 1. The molecule has 2 heterocycles. The maximum atomic E-state index is 11.6. The molecule has 5 nitrogen and oxygen atoms in total. The molecule has 0 radical (unpaired) electrons. The summed E-state index contributed by atoms with van der Waals surface area (Å²) >= 11 is 0. The van der Waals surface area contributed by atoms with Crippen LogP contribution in [0, 0.1) is 0 Å². The molecule has 1 aromatic carbocycles. The Morgan fingerprint density at radius 3 is 3.00 bits per heavy atom. The first-order valence-electron chi connectivity index (χ1n) is 5.56. The molecular weight excluding hydrogens is 216 g/mol. The van der Waals surface area contributed by atoms with Crippen LogP contribution < -0.4 is 5.32 Å². The zero-order valence-corrected chi connectivity index (χ0v) is 9.26. The number of carbonyl (C=O) groups excluding carboxylic acids is 1. The Kier molecular flexibility index (Phi) is 2.36. The van der Waals surface area contributed by atoms with Gasteiger partial charge in [-0.3, -0.25) is 9.89 Å². The minimum atomic E-state index is -0.0849. The molecule has 0 aliphatic carbocycles. The SMILES string of the molecule is O=C1NCCN1C1=Nc2ccccc2C=NC1. The third-order valence-corrected chi connectivity index (χ3v) is 2.82. The molecule has 0 saturated carbocycles. The molecule has 1 aromatic rings. The van der Waals surface area contributed by atoms with Crippen molar-refractivity contribution in [1.82, 2.24) is 10.2 Å². The highest BCUT2D eigenvalue weighted by Gasteiger charge is 2.24. The number of amidine groups is 1. The predicted molar refractivity (Wildman–Crippen MR) is 66.1 cm³/mol. The van der Waals surface area contributed by atoms with E-state index in [1.54, 1.807) is 11.1 Å². The molecule has 3 rings (SSSR count). The molecule has 2 aliphatic rings. The van der Waals surface area contributed by atoms with Crippen molar-refractivity contribution in [3.8, 4) is 0 Å². The van der Waals surface area contributed by atoms with Gasteiger partial charge in [-0.2, -0.15) is 0 Å². The van der Waals surface area contributed by atoms with Gasteiger partial charge in [-0.25, -0.2) is 9.79 Å². The smallest absolute Gasteiger partial charge is 0.322 e. The highest BCUT2D eigenvalue weighted by atomic mass is 16.2. The number of para-hydroxylation sites is 1. The molecule has 1 fully saturated rings. The lowest BCUT2D eigenvalue weighted by Crippen LogP contribution is -2.35. The van der Waals surface area contributed by atoms with Gasteiger partial charge in [-0.15, -0.1) is 0 Å². The Labute approximate surface area is 98.9 Å². The van der Waals surface area contributed by atoms with Crippen molar-refractivity contribution in [1.29, 1.82) is 0 Å². The van der Waals surface area contributed by atoms with E-state index in [1.807, 2.05) is 24.3 Å². The molecule has 1 saturated heterocycles. The number of amides is 2. The normalized spacial score (nSPS) is 18.5. The van der Waals surface area contributed by atoms with Crippen LogP contribution >= 0.6 is 0 Å². The fourth-order valence-electron chi connectivity index (χ4n) is 1.96. The van der Waals surface area contributed by atoms with E-state index in [0.717, 1.165) is 11.3 Å². The van der Waals surface area contributed by atoms with Crippen LogP contribution in [0.25, 0.3) is 0 Å². The number of benzene rings is 1. The Morgan fingerprint density at radius 1 is 1.29 bits per heavy atom. The minimum Gasteiger partial charge on any atom is -0.336 e. The predicted octanol–water partition coefficient (Wildman–Crippen LogP) is 1.17. The van der Waals surface area contributed by atoms with E-state index in [-0.39, 0.29) is 6.03 Å². The van der Waals surface area contributed by atoms with E-state index in [4.69, 9.17) is 0 Å². The van der Waals surface area contributed by atoms with Gasteiger partial charge in [0.05, 0.1) is 12.2 Å². The topological polar surface area (TPSA) is 57.1 Å². The quantitative estimate of drug-likeness (QED) is 0.712. The van der Waals surface area contributed by atoms with E-state index in [2.05, 4.69) is 15.3 Å². The third-order valence-electron chi connectivity index (χ3n) is 2.82. The first-order chi connectivity index (χ1) is 8.34. The maximum absolute atomic E-state index is 11.6. The van der Waals surface area contributed by atoms with Crippen LogP contribution in [0.15, 0.2) is 34.3 Å². The van der Waals surface area contributed by atoms with Crippen molar-refractivity contribution in [3.63, 3.8) is 0 Å².